The van der Waals surface area contributed by atoms with Crippen molar-refractivity contribution in [2.45, 2.75) is 96.8 Å². The van der Waals surface area contributed by atoms with Crippen molar-refractivity contribution >= 4 is 8.07 Å². The Hall–Kier alpha value is 0.217. The molecule has 0 aromatic rings. The monoisotopic (exact) mass is 242 g/mol. The first-order chi connectivity index (χ1) is 6.81. The largest absolute Gasteiger partial charge is 0.0697 e. The molecule has 0 nitrogen and oxygen atoms in total. The van der Waals surface area contributed by atoms with Gasteiger partial charge in [0.2, 0.25) is 0 Å². The summed E-state index contributed by atoms with van der Waals surface area (Å²) in [6.07, 6.45) is 1.33. The second-order valence-corrected chi connectivity index (χ2v) is 15.2. The first-order valence-corrected chi connectivity index (χ1v) is 9.02. The van der Waals surface area contributed by atoms with Crippen LogP contribution in [0.1, 0.15) is 75.7 Å². The van der Waals surface area contributed by atoms with Crippen molar-refractivity contribution in [3.63, 3.8) is 0 Å². The lowest BCUT2D eigenvalue weighted by Gasteiger charge is -2.60. The molecular weight excluding hydrogens is 208 g/mol. The number of hydrogen-bond donors (Lipinski definition) is 0. The van der Waals surface area contributed by atoms with Crippen molar-refractivity contribution in [2.24, 2.45) is 0 Å². The molecule has 0 aliphatic rings. The third-order valence-corrected chi connectivity index (χ3v) is 13.4. The van der Waals surface area contributed by atoms with Gasteiger partial charge in [-0.3, -0.25) is 0 Å². The van der Waals surface area contributed by atoms with Crippen LogP contribution in [0, 0.1) is 0 Å². The zero-order valence-electron chi connectivity index (χ0n) is 13.4. The average Bonchev–Trinajstić information content (AvgIpc) is 1.91. The van der Waals surface area contributed by atoms with Gasteiger partial charge in [0.25, 0.3) is 0 Å². The molecule has 0 atom stereocenters. The average molecular weight is 243 g/mol. The van der Waals surface area contributed by atoms with Crippen LogP contribution in [-0.4, -0.2) is 8.07 Å². The highest BCUT2D eigenvalue weighted by molar-refractivity contribution is 6.87. The summed E-state index contributed by atoms with van der Waals surface area (Å²) in [6.45, 7) is 24.7. The molecule has 0 saturated heterocycles. The second kappa shape index (κ2) is 4.47. The van der Waals surface area contributed by atoms with Gasteiger partial charge in [-0.1, -0.05) is 81.7 Å². The molecule has 0 aliphatic carbocycles. The molecule has 0 amide bonds. The van der Waals surface area contributed by atoms with Gasteiger partial charge in [-0.25, -0.2) is 0 Å². The summed E-state index contributed by atoms with van der Waals surface area (Å²) < 4.78 is 0. The van der Waals surface area contributed by atoms with Gasteiger partial charge in [-0.05, 0) is 15.1 Å². The van der Waals surface area contributed by atoms with Gasteiger partial charge in [0.1, 0.15) is 0 Å². The van der Waals surface area contributed by atoms with Gasteiger partial charge in [0.15, 0.2) is 0 Å². The van der Waals surface area contributed by atoms with Crippen molar-refractivity contribution in [1.82, 2.24) is 0 Å². The van der Waals surface area contributed by atoms with E-state index in [0.717, 1.165) is 0 Å². The molecule has 0 bridgehead atoms. The van der Waals surface area contributed by atoms with Gasteiger partial charge in [-0.15, -0.1) is 0 Å². The molecule has 0 unspecified atom stereocenters. The fourth-order valence-electron chi connectivity index (χ4n) is 4.88. The highest BCUT2D eigenvalue weighted by Crippen LogP contribution is 2.64. The minimum atomic E-state index is -1.40. The zero-order valence-corrected chi connectivity index (χ0v) is 14.4. The summed E-state index contributed by atoms with van der Waals surface area (Å²) in [6, 6.07) is 1.45. The van der Waals surface area contributed by atoms with Crippen molar-refractivity contribution in [3.8, 4) is 0 Å². The van der Waals surface area contributed by atoms with E-state index in [-0.39, 0.29) is 0 Å². The Bertz CT molecular complexity index is 183. The lowest BCUT2D eigenvalue weighted by atomic mass is 10.2. The predicted octanol–water partition coefficient (Wildman–Crippen LogP) is 6.25. The van der Waals surface area contributed by atoms with Crippen LogP contribution in [0.25, 0.3) is 0 Å². The molecule has 1 heteroatoms. The maximum atomic E-state index is 2.48. The van der Waals surface area contributed by atoms with Crippen LogP contribution in [0.15, 0.2) is 0 Å². The Labute approximate surface area is 105 Å². The zero-order chi connectivity index (χ0) is 13.4. The Balaban J connectivity index is 5.82. The lowest BCUT2D eigenvalue weighted by molar-refractivity contribution is 0.523. The molecular formula is C15H34Si. The maximum absolute atomic E-state index is 2.48. The van der Waals surface area contributed by atoms with Gasteiger partial charge < -0.3 is 0 Å². The second-order valence-electron chi connectivity index (χ2n) is 8.41. The molecule has 98 valence electrons. The number of hydrogen-bond acceptors (Lipinski definition) is 0. The van der Waals surface area contributed by atoms with Crippen LogP contribution >= 0.6 is 0 Å². The standard InChI is InChI=1S/C15H34Si/c1-11-12-16(13(2,3)4,14(5,6)7)15(8,9)10/h11-12H2,1-10H3. The third-order valence-electron chi connectivity index (χ3n) is 4.47. The van der Waals surface area contributed by atoms with Gasteiger partial charge in [-0.2, -0.15) is 0 Å². The van der Waals surface area contributed by atoms with E-state index in [9.17, 15) is 0 Å². The molecule has 0 radical (unpaired) electrons. The number of rotatable bonds is 2. The molecule has 0 N–H and O–H groups in total. The van der Waals surface area contributed by atoms with Gasteiger partial charge in [0.05, 0.1) is 8.07 Å². The summed E-state index contributed by atoms with van der Waals surface area (Å²) in [5.74, 6) is 0. The Kier molecular flexibility index (Phi) is 4.54. The topological polar surface area (TPSA) is 0 Å². The van der Waals surface area contributed by atoms with Crippen LogP contribution in [0.2, 0.25) is 21.2 Å². The van der Waals surface area contributed by atoms with Crippen molar-refractivity contribution < 1.29 is 0 Å². The summed E-state index contributed by atoms with van der Waals surface area (Å²) in [7, 11) is -1.40. The molecule has 0 aliphatic heterocycles. The molecule has 0 saturated carbocycles. The fraction of sp³-hybridized carbons (Fsp3) is 1.00. The van der Waals surface area contributed by atoms with Gasteiger partial charge in [0, 0.05) is 0 Å². The summed E-state index contributed by atoms with van der Waals surface area (Å²) in [5.41, 5.74) is 0. The van der Waals surface area contributed by atoms with Crippen LogP contribution in [-0.2, 0) is 0 Å². The smallest absolute Gasteiger partial charge is 0.0656 e. The van der Waals surface area contributed by atoms with Gasteiger partial charge >= 0.3 is 0 Å². The van der Waals surface area contributed by atoms with Crippen molar-refractivity contribution in [2.75, 3.05) is 0 Å². The van der Waals surface area contributed by atoms with E-state index in [1.165, 1.54) is 12.5 Å². The molecule has 16 heavy (non-hydrogen) atoms. The summed E-state index contributed by atoms with van der Waals surface area (Å²) in [4.78, 5) is 0. The van der Waals surface area contributed by atoms with Crippen LogP contribution in [0.4, 0.5) is 0 Å². The first-order valence-electron chi connectivity index (χ1n) is 6.81. The van der Waals surface area contributed by atoms with Crippen LogP contribution in [0.5, 0.6) is 0 Å². The van der Waals surface area contributed by atoms with E-state index in [2.05, 4.69) is 69.2 Å². The highest BCUT2D eigenvalue weighted by Gasteiger charge is 2.58. The lowest BCUT2D eigenvalue weighted by Crippen LogP contribution is -2.58. The Morgan fingerprint density at radius 2 is 0.875 bits per heavy atom. The molecule has 0 aromatic carbocycles. The quantitative estimate of drug-likeness (QED) is 0.502. The van der Waals surface area contributed by atoms with Crippen molar-refractivity contribution in [1.29, 1.82) is 0 Å². The molecule has 0 heterocycles. The predicted molar refractivity (Wildman–Crippen MR) is 80.0 cm³/mol. The minimum absolute atomic E-state index is 0.472. The summed E-state index contributed by atoms with van der Waals surface area (Å²) in [5, 5.41) is 1.42. The molecule has 0 spiro atoms. The van der Waals surface area contributed by atoms with E-state index in [1.807, 2.05) is 0 Å². The normalized spacial score (nSPS) is 15.4. The van der Waals surface area contributed by atoms with E-state index in [0.29, 0.717) is 15.1 Å². The molecule has 0 aromatic heterocycles. The van der Waals surface area contributed by atoms with E-state index in [4.69, 9.17) is 0 Å². The SMILES string of the molecule is CCC[Si](C(C)(C)C)(C(C)(C)C)C(C)(C)C. The summed E-state index contributed by atoms with van der Waals surface area (Å²) >= 11 is 0. The first kappa shape index (κ1) is 16.2. The van der Waals surface area contributed by atoms with Crippen molar-refractivity contribution in [3.05, 3.63) is 0 Å². The van der Waals surface area contributed by atoms with Crippen LogP contribution in [0.3, 0.4) is 0 Å². The Morgan fingerprint density at radius 3 is 0.938 bits per heavy atom. The van der Waals surface area contributed by atoms with Crippen LogP contribution < -0.4 is 0 Å². The maximum Gasteiger partial charge on any atom is 0.0697 e. The van der Waals surface area contributed by atoms with E-state index >= 15 is 0 Å². The Morgan fingerprint density at radius 1 is 0.625 bits per heavy atom. The third kappa shape index (κ3) is 2.55. The molecule has 0 fully saturated rings. The van der Waals surface area contributed by atoms with E-state index < -0.39 is 8.07 Å². The molecule has 0 rings (SSSR count). The van der Waals surface area contributed by atoms with E-state index in [1.54, 1.807) is 0 Å². The minimum Gasteiger partial charge on any atom is -0.0656 e. The fourth-order valence-corrected chi connectivity index (χ4v) is 14.6. The highest BCUT2D eigenvalue weighted by atomic mass is 28.3.